The van der Waals surface area contributed by atoms with Crippen LogP contribution in [0.25, 0.3) is 11.0 Å². The highest BCUT2D eigenvalue weighted by Crippen LogP contribution is 2.32. The van der Waals surface area contributed by atoms with Gasteiger partial charge in [0.1, 0.15) is 0 Å². The maximum absolute atomic E-state index is 13.0. The molecule has 1 aliphatic carbocycles. The molecule has 1 N–H and O–H groups in total. The highest BCUT2D eigenvalue weighted by molar-refractivity contribution is 5.81. The standard InChI is InChI=1S/C28H33F3N4O/c29-28(30,31)23-12-6-10-21(16-23)17-32-26(36)22-11-7-15-34(19-22)27-33-24-13-4-5-14-25(24)35(27)18-20-8-2-1-3-9-20/h4-6,10,12-14,16,20,22H,1-3,7-9,11,15,17-19H2,(H,32,36). The minimum absolute atomic E-state index is 0.0828. The highest BCUT2D eigenvalue weighted by atomic mass is 19.4. The summed E-state index contributed by atoms with van der Waals surface area (Å²) < 4.78 is 41.4. The Morgan fingerprint density at radius 3 is 2.61 bits per heavy atom. The number of fused-ring (bicyclic) bond motifs is 1. The van der Waals surface area contributed by atoms with Gasteiger partial charge in [-0.15, -0.1) is 0 Å². The van der Waals surface area contributed by atoms with E-state index in [9.17, 15) is 18.0 Å². The van der Waals surface area contributed by atoms with Gasteiger partial charge >= 0.3 is 6.18 Å². The Balaban J connectivity index is 1.29. The number of para-hydroxylation sites is 2. The first-order chi connectivity index (χ1) is 17.4. The minimum atomic E-state index is -4.40. The number of nitrogens with one attached hydrogen (secondary N) is 1. The van der Waals surface area contributed by atoms with E-state index in [1.54, 1.807) is 6.07 Å². The van der Waals surface area contributed by atoms with Crippen molar-refractivity contribution in [2.75, 3.05) is 18.0 Å². The molecular formula is C28H33F3N4O. The SMILES string of the molecule is O=C(NCc1cccc(C(F)(F)F)c1)C1CCCN(c2nc3ccccc3n2CC2CCCCC2)C1. The molecule has 5 rings (SSSR count). The predicted octanol–water partition coefficient (Wildman–Crippen LogP) is 6.17. The summed E-state index contributed by atoms with van der Waals surface area (Å²) in [5.41, 5.74) is 1.85. The largest absolute Gasteiger partial charge is 0.416 e. The number of imidazole rings is 1. The number of hydrogen-bond donors (Lipinski definition) is 1. The van der Waals surface area contributed by atoms with Crippen LogP contribution in [0.1, 0.15) is 56.1 Å². The number of halogens is 3. The Morgan fingerprint density at radius 1 is 1.00 bits per heavy atom. The van der Waals surface area contributed by atoms with Gasteiger partial charge in [-0.25, -0.2) is 4.98 Å². The summed E-state index contributed by atoms with van der Waals surface area (Å²) in [5.74, 6) is 1.23. The zero-order valence-corrected chi connectivity index (χ0v) is 20.4. The fraction of sp³-hybridized carbons (Fsp3) is 0.500. The lowest BCUT2D eigenvalue weighted by atomic mass is 9.89. The van der Waals surface area contributed by atoms with Crippen LogP contribution >= 0.6 is 0 Å². The molecule has 0 bridgehead atoms. The Kier molecular flexibility index (Phi) is 7.21. The first-order valence-electron chi connectivity index (χ1n) is 13.0. The van der Waals surface area contributed by atoms with E-state index < -0.39 is 11.7 Å². The molecular weight excluding hydrogens is 465 g/mol. The summed E-state index contributed by atoms with van der Waals surface area (Å²) in [4.78, 5) is 20.2. The number of anilines is 1. The van der Waals surface area contributed by atoms with E-state index in [4.69, 9.17) is 4.98 Å². The molecule has 8 heteroatoms. The molecule has 1 atom stereocenters. The maximum Gasteiger partial charge on any atom is 0.416 e. The lowest BCUT2D eigenvalue weighted by Crippen LogP contribution is -2.44. The van der Waals surface area contributed by atoms with Crippen molar-refractivity contribution >= 4 is 22.9 Å². The van der Waals surface area contributed by atoms with Gasteiger partial charge in [-0.2, -0.15) is 13.2 Å². The second-order valence-corrected chi connectivity index (χ2v) is 10.2. The Labute approximate surface area is 209 Å². The second kappa shape index (κ2) is 10.5. The molecule has 1 aliphatic heterocycles. The van der Waals surface area contributed by atoms with Crippen LogP contribution in [0.2, 0.25) is 0 Å². The van der Waals surface area contributed by atoms with E-state index in [1.165, 1.54) is 38.2 Å². The number of benzene rings is 2. The van der Waals surface area contributed by atoms with Crippen molar-refractivity contribution in [3.63, 3.8) is 0 Å². The van der Waals surface area contributed by atoms with Crippen molar-refractivity contribution in [3.05, 3.63) is 59.7 Å². The summed E-state index contributed by atoms with van der Waals surface area (Å²) in [7, 11) is 0. The molecule has 2 fully saturated rings. The van der Waals surface area contributed by atoms with Gasteiger partial charge in [0, 0.05) is 26.2 Å². The fourth-order valence-corrected chi connectivity index (χ4v) is 5.68. The Morgan fingerprint density at radius 2 is 1.81 bits per heavy atom. The smallest absolute Gasteiger partial charge is 0.352 e. The summed E-state index contributed by atoms with van der Waals surface area (Å²) in [6, 6.07) is 13.3. The van der Waals surface area contributed by atoms with Gasteiger partial charge in [-0.1, -0.05) is 43.5 Å². The molecule has 1 amide bonds. The van der Waals surface area contributed by atoms with Gasteiger partial charge in [-0.3, -0.25) is 4.79 Å². The quantitative estimate of drug-likeness (QED) is 0.442. The number of carbonyl (C=O) groups excluding carboxylic acids is 1. The monoisotopic (exact) mass is 498 g/mol. The van der Waals surface area contributed by atoms with Gasteiger partial charge in [0.2, 0.25) is 11.9 Å². The molecule has 2 heterocycles. The average Bonchev–Trinajstić information content (AvgIpc) is 3.26. The number of amides is 1. The topological polar surface area (TPSA) is 50.2 Å². The normalized spacial score (nSPS) is 19.5. The van der Waals surface area contributed by atoms with Crippen LogP contribution in [0.15, 0.2) is 48.5 Å². The predicted molar refractivity (Wildman–Crippen MR) is 135 cm³/mol. The van der Waals surface area contributed by atoms with Crippen molar-refractivity contribution in [1.29, 1.82) is 0 Å². The summed E-state index contributed by atoms with van der Waals surface area (Å²) in [6.45, 7) is 2.42. The lowest BCUT2D eigenvalue weighted by molar-refractivity contribution is -0.137. The number of alkyl halides is 3. The minimum Gasteiger partial charge on any atom is -0.352 e. The molecule has 1 saturated heterocycles. The number of aromatic nitrogens is 2. The Hall–Kier alpha value is -3.03. The van der Waals surface area contributed by atoms with Gasteiger partial charge in [0.05, 0.1) is 22.5 Å². The molecule has 2 aromatic carbocycles. The van der Waals surface area contributed by atoms with Crippen LogP contribution in [-0.4, -0.2) is 28.5 Å². The molecule has 0 spiro atoms. The third-order valence-electron chi connectivity index (χ3n) is 7.60. The molecule has 36 heavy (non-hydrogen) atoms. The summed E-state index contributed by atoms with van der Waals surface area (Å²) >= 11 is 0. The third kappa shape index (κ3) is 5.52. The van der Waals surface area contributed by atoms with E-state index in [-0.39, 0.29) is 18.4 Å². The first kappa shape index (κ1) is 24.7. The number of rotatable bonds is 6. The molecule has 1 saturated carbocycles. The van der Waals surface area contributed by atoms with Crippen molar-refractivity contribution in [3.8, 4) is 0 Å². The van der Waals surface area contributed by atoms with Gasteiger partial charge < -0.3 is 14.8 Å². The van der Waals surface area contributed by atoms with Crippen molar-refractivity contribution in [1.82, 2.24) is 14.9 Å². The molecule has 3 aromatic rings. The van der Waals surface area contributed by atoms with Gasteiger partial charge in [0.15, 0.2) is 0 Å². The molecule has 5 nitrogen and oxygen atoms in total. The van der Waals surface area contributed by atoms with Crippen molar-refractivity contribution < 1.29 is 18.0 Å². The summed E-state index contributed by atoms with van der Waals surface area (Å²) in [5, 5.41) is 2.87. The number of carbonyl (C=O) groups is 1. The van der Waals surface area contributed by atoms with E-state index in [0.29, 0.717) is 18.0 Å². The number of hydrogen-bond acceptors (Lipinski definition) is 3. The maximum atomic E-state index is 13.0. The lowest BCUT2D eigenvalue weighted by Gasteiger charge is -2.34. The van der Waals surface area contributed by atoms with Crippen LogP contribution in [-0.2, 0) is 24.1 Å². The molecule has 1 aromatic heterocycles. The van der Waals surface area contributed by atoms with E-state index in [1.807, 2.05) is 18.2 Å². The van der Waals surface area contributed by atoms with E-state index >= 15 is 0 Å². The van der Waals surface area contributed by atoms with Crippen LogP contribution in [0, 0.1) is 11.8 Å². The van der Waals surface area contributed by atoms with Crippen LogP contribution < -0.4 is 10.2 Å². The van der Waals surface area contributed by atoms with Crippen molar-refractivity contribution in [2.45, 2.75) is 64.2 Å². The van der Waals surface area contributed by atoms with E-state index in [0.717, 1.165) is 55.0 Å². The molecule has 1 unspecified atom stereocenters. The second-order valence-electron chi connectivity index (χ2n) is 10.2. The Bertz CT molecular complexity index is 1200. The summed E-state index contributed by atoms with van der Waals surface area (Å²) in [6.07, 6.45) is 3.60. The fourth-order valence-electron chi connectivity index (χ4n) is 5.68. The van der Waals surface area contributed by atoms with Gasteiger partial charge in [-0.05, 0) is 61.4 Å². The molecule has 2 aliphatic rings. The van der Waals surface area contributed by atoms with Crippen LogP contribution in [0.3, 0.4) is 0 Å². The van der Waals surface area contributed by atoms with Gasteiger partial charge in [0.25, 0.3) is 0 Å². The third-order valence-corrected chi connectivity index (χ3v) is 7.60. The zero-order valence-electron chi connectivity index (χ0n) is 20.4. The first-order valence-corrected chi connectivity index (χ1v) is 13.0. The molecule has 192 valence electrons. The van der Waals surface area contributed by atoms with Crippen LogP contribution in [0.4, 0.5) is 19.1 Å². The van der Waals surface area contributed by atoms with Crippen molar-refractivity contribution in [2.24, 2.45) is 11.8 Å². The molecule has 0 radical (unpaired) electrons. The zero-order chi connectivity index (χ0) is 25.1. The average molecular weight is 499 g/mol. The number of piperidine rings is 1. The van der Waals surface area contributed by atoms with Crippen LogP contribution in [0.5, 0.6) is 0 Å². The number of nitrogens with zero attached hydrogens (tertiary/aromatic N) is 3. The highest BCUT2D eigenvalue weighted by Gasteiger charge is 2.31. The van der Waals surface area contributed by atoms with E-state index in [2.05, 4.69) is 20.9 Å².